The van der Waals surface area contributed by atoms with Crippen molar-refractivity contribution in [3.05, 3.63) is 29.8 Å². The van der Waals surface area contributed by atoms with E-state index >= 15 is 0 Å². The zero-order valence-electron chi connectivity index (χ0n) is 13.7. The van der Waals surface area contributed by atoms with Crippen molar-refractivity contribution in [2.24, 2.45) is 0 Å². The van der Waals surface area contributed by atoms with Crippen molar-refractivity contribution < 1.29 is 24.2 Å². The number of amides is 1. The summed E-state index contributed by atoms with van der Waals surface area (Å²) in [5, 5.41) is 11.6. The smallest absolute Gasteiger partial charge is 0.326 e. The summed E-state index contributed by atoms with van der Waals surface area (Å²) in [7, 11) is 0. The Hall–Kier alpha value is -2.37. The lowest BCUT2D eigenvalue weighted by atomic mass is 10.1. The van der Waals surface area contributed by atoms with Crippen molar-refractivity contribution in [1.82, 2.24) is 5.32 Å². The Morgan fingerprint density at radius 2 is 2.00 bits per heavy atom. The zero-order valence-corrected chi connectivity index (χ0v) is 13.7. The van der Waals surface area contributed by atoms with E-state index in [4.69, 9.17) is 9.84 Å². The van der Waals surface area contributed by atoms with Crippen LogP contribution in [0.4, 0.5) is 0 Å². The van der Waals surface area contributed by atoms with Gasteiger partial charge in [0, 0.05) is 5.56 Å². The number of carbonyl (C=O) groups is 3. The number of carbonyl (C=O) groups excluding carboxylic acids is 2. The van der Waals surface area contributed by atoms with Crippen LogP contribution in [0.25, 0.3) is 0 Å². The Balaban J connectivity index is 2.67. The first-order valence-electron chi connectivity index (χ1n) is 7.66. The molecule has 0 saturated carbocycles. The summed E-state index contributed by atoms with van der Waals surface area (Å²) in [4.78, 5) is 34.6. The van der Waals surface area contributed by atoms with Crippen LogP contribution in [0.2, 0.25) is 0 Å². The second-order valence-corrected chi connectivity index (χ2v) is 5.39. The van der Waals surface area contributed by atoms with E-state index < -0.39 is 24.0 Å². The van der Waals surface area contributed by atoms with E-state index in [0.29, 0.717) is 24.2 Å². The number of hydrogen-bond donors (Lipinski definition) is 2. The molecule has 0 spiro atoms. The number of Topliss-reactive ketones (excluding diaryl/α,β-unsaturated/α-hetero) is 1. The van der Waals surface area contributed by atoms with Gasteiger partial charge in [-0.05, 0) is 32.4 Å². The molecule has 1 rings (SSSR count). The van der Waals surface area contributed by atoms with Gasteiger partial charge >= 0.3 is 5.97 Å². The zero-order chi connectivity index (χ0) is 17.4. The van der Waals surface area contributed by atoms with Gasteiger partial charge in [0.25, 0.3) is 5.91 Å². The molecule has 0 aliphatic rings. The van der Waals surface area contributed by atoms with Crippen LogP contribution in [0.3, 0.4) is 0 Å². The van der Waals surface area contributed by atoms with Crippen LogP contribution in [-0.2, 0) is 9.59 Å². The third kappa shape index (κ3) is 6.10. The number of rotatable bonds is 9. The molecule has 1 aromatic carbocycles. The first kappa shape index (κ1) is 18.7. The summed E-state index contributed by atoms with van der Waals surface area (Å²) in [6.45, 7) is 4.93. The summed E-state index contributed by atoms with van der Waals surface area (Å²) in [6.07, 6.45) is 1.08. The molecule has 0 aliphatic carbocycles. The van der Waals surface area contributed by atoms with Crippen LogP contribution in [0.5, 0.6) is 5.75 Å². The van der Waals surface area contributed by atoms with Gasteiger partial charge in [-0.15, -0.1) is 0 Å². The van der Waals surface area contributed by atoms with Gasteiger partial charge < -0.3 is 15.2 Å². The standard InChI is InChI=1S/C17H23NO5/c1-4-5-9-15(17(21)22)18-16(20)12(3)23-14-8-6-7-13(10-14)11(2)19/h6-8,10,12,15H,4-5,9H2,1-3H3,(H,18,20)(H,21,22). The monoisotopic (exact) mass is 321 g/mol. The van der Waals surface area contributed by atoms with Gasteiger partial charge in [0.05, 0.1) is 0 Å². The molecular formula is C17H23NO5. The van der Waals surface area contributed by atoms with E-state index in [0.717, 1.165) is 6.42 Å². The van der Waals surface area contributed by atoms with Crippen LogP contribution in [0, 0.1) is 0 Å². The molecule has 126 valence electrons. The van der Waals surface area contributed by atoms with Crippen molar-refractivity contribution in [2.45, 2.75) is 52.2 Å². The number of ether oxygens (including phenoxy) is 1. The van der Waals surface area contributed by atoms with Crippen LogP contribution < -0.4 is 10.1 Å². The molecule has 0 aliphatic heterocycles. The fraction of sp³-hybridized carbons (Fsp3) is 0.471. The molecule has 0 radical (unpaired) electrons. The number of carboxylic acids is 1. The van der Waals surface area contributed by atoms with Gasteiger partial charge in [-0.25, -0.2) is 4.79 Å². The number of aliphatic carboxylic acids is 1. The second kappa shape index (κ2) is 8.92. The number of hydrogen-bond acceptors (Lipinski definition) is 4. The van der Waals surface area contributed by atoms with Crippen molar-refractivity contribution >= 4 is 17.7 Å². The fourth-order valence-electron chi connectivity index (χ4n) is 2.00. The first-order chi connectivity index (χ1) is 10.8. The predicted molar refractivity (Wildman–Crippen MR) is 85.6 cm³/mol. The van der Waals surface area contributed by atoms with Crippen molar-refractivity contribution in [1.29, 1.82) is 0 Å². The quantitative estimate of drug-likeness (QED) is 0.681. The van der Waals surface area contributed by atoms with E-state index in [1.807, 2.05) is 6.92 Å². The maximum atomic E-state index is 12.1. The van der Waals surface area contributed by atoms with E-state index in [-0.39, 0.29) is 5.78 Å². The first-order valence-corrected chi connectivity index (χ1v) is 7.66. The van der Waals surface area contributed by atoms with Gasteiger partial charge in [0.1, 0.15) is 11.8 Å². The van der Waals surface area contributed by atoms with Gasteiger partial charge in [-0.1, -0.05) is 31.9 Å². The second-order valence-electron chi connectivity index (χ2n) is 5.39. The van der Waals surface area contributed by atoms with Gasteiger partial charge in [-0.2, -0.15) is 0 Å². The van der Waals surface area contributed by atoms with Crippen LogP contribution in [0.1, 0.15) is 50.4 Å². The topological polar surface area (TPSA) is 92.7 Å². The van der Waals surface area contributed by atoms with Gasteiger partial charge in [0.2, 0.25) is 0 Å². The molecule has 2 atom stereocenters. The largest absolute Gasteiger partial charge is 0.481 e. The third-order valence-electron chi connectivity index (χ3n) is 3.38. The average Bonchev–Trinajstić information content (AvgIpc) is 2.51. The lowest BCUT2D eigenvalue weighted by Gasteiger charge is -2.19. The SMILES string of the molecule is CCCCC(NC(=O)C(C)Oc1cccc(C(C)=O)c1)C(=O)O. The summed E-state index contributed by atoms with van der Waals surface area (Å²) in [5.41, 5.74) is 0.487. The molecule has 1 aromatic rings. The maximum absolute atomic E-state index is 12.1. The summed E-state index contributed by atoms with van der Waals surface area (Å²) < 4.78 is 5.49. The molecule has 23 heavy (non-hydrogen) atoms. The van der Waals surface area contributed by atoms with E-state index in [1.165, 1.54) is 13.8 Å². The minimum atomic E-state index is -1.06. The number of carboxylic acid groups (broad SMARTS) is 1. The lowest BCUT2D eigenvalue weighted by Crippen LogP contribution is -2.46. The molecular weight excluding hydrogens is 298 g/mol. The molecule has 1 amide bonds. The van der Waals surface area contributed by atoms with Crippen molar-refractivity contribution in [3.63, 3.8) is 0 Å². The molecule has 0 aromatic heterocycles. The Morgan fingerprint density at radius 3 is 2.57 bits per heavy atom. The van der Waals surface area contributed by atoms with Crippen LogP contribution in [0.15, 0.2) is 24.3 Å². The molecule has 6 nitrogen and oxygen atoms in total. The van der Waals surface area contributed by atoms with Gasteiger partial charge in [0.15, 0.2) is 11.9 Å². The molecule has 2 N–H and O–H groups in total. The highest BCUT2D eigenvalue weighted by molar-refractivity contribution is 5.94. The molecule has 6 heteroatoms. The highest BCUT2D eigenvalue weighted by atomic mass is 16.5. The van der Waals surface area contributed by atoms with E-state index in [9.17, 15) is 14.4 Å². The molecule has 0 saturated heterocycles. The minimum absolute atomic E-state index is 0.0990. The number of ketones is 1. The maximum Gasteiger partial charge on any atom is 0.326 e. The Morgan fingerprint density at radius 1 is 1.30 bits per heavy atom. The fourth-order valence-corrected chi connectivity index (χ4v) is 2.00. The number of benzene rings is 1. The Bertz CT molecular complexity index is 570. The highest BCUT2D eigenvalue weighted by Crippen LogP contribution is 2.15. The average molecular weight is 321 g/mol. The number of nitrogens with one attached hydrogen (secondary N) is 1. The molecule has 0 fully saturated rings. The molecule has 2 unspecified atom stereocenters. The van der Waals surface area contributed by atoms with Crippen molar-refractivity contribution in [3.8, 4) is 5.75 Å². The highest BCUT2D eigenvalue weighted by Gasteiger charge is 2.23. The number of unbranched alkanes of at least 4 members (excludes halogenated alkanes) is 1. The summed E-state index contributed by atoms with van der Waals surface area (Å²) in [6, 6.07) is 5.60. The van der Waals surface area contributed by atoms with E-state index in [1.54, 1.807) is 24.3 Å². The Kier molecular flexibility index (Phi) is 7.25. The van der Waals surface area contributed by atoms with Crippen LogP contribution in [-0.4, -0.2) is 34.9 Å². The van der Waals surface area contributed by atoms with Crippen molar-refractivity contribution in [2.75, 3.05) is 0 Å². The third-order valence-corrected chi connectivity index (χ3v) is 3.38. The molecule has 0 heterocycles. The molecule has 0 bridgehead atoms. The summed E-state index contributed by atoms with van der Waals surface area (Å²) >= 11 is 0. The predicted octanol–water partition coefficient (Wildman–Crippen LogP) is 2.42. The Labute approximate surface area is 135 Å². The minimum Gasteiger partial charge on any atom is -0.481 e. The lowest BCUT2D eigenvalue weighted by molar-refractivity contribution is -0.143. The van der Waals surface area contributed by atoms with Crippen LogP contribution >= 0.6 is 0 Å². The van der Waals surface area contributed by atoms with E-state index in [2.05, 4.69) is 5.32 Å². The normalized spacial score (nSPS) is 13.0. The summed E-state index contributed by atoms with van der Waals surface area (Å²) in [5.74, 6) is -1.27. The van der Waals surface area contributed by atoms with Gasteiger partial charge in [-0.3, -0.25) is 9.59 Å².